The van der Waals surface area contributed by atoms with Crippen LogP contribution in [0.15, 0.2) is 36.7 Å². The van der Waals surface area contributed by atoms with E-state index in [0.717, 1.165) is 10.9 Å². The maximum Gasteiger partial charge on any atom is 0.406 e. The van der Waals surface area contributed by atoms with Crippen molar-refractivity contribution < 1.29 is 18.0 Å². The van der Waals surface area contributed by atoms with Gasteiger partial charge in [0.15, 0.2) is 0 Å². The molecular weight excluding hydrogens is 395 g/mol. The average molecular weight is 410 g/mol. The lowest BCUT2D eigenvalue weighted by Crippen LogP contribution is -2.20. The number of nitrogens with two attached hydrogens (primary N) is 2. The maximum absolute atomic E-state index is 13.4. The second-order valence-corrected chi connectivity index (χ2v) is 6.51. The summed E-state index contributed by atoms with van der Waals surface area (Å²) in [4.78, 5) is 19.8. The number of anilines is 1. The Bertz CT molecular complexity index is 1060. The summed E-state index contributed by atoms with van der Waals surface area (Å²) in [6, 6.07) is 7.36. The molecule has 0 saturated heterocycles. The molecule has 3 aromatic rings. The first-order valence-electron chi connectivity index (χ1n) is 8.02. The Balaban J connectivity index is 2.39. The largest absolute Gasteiger partial charge is 0.406 e. The highest BCUT2D eigenvalue weighted by molar-refractivity contribution is 6.31. The Morgan fingerprint density at radius 3 is 2.57 bits per heavy atom. The van der Waals surface area contributed by atoms with Crippen molar-refractivity contribution >= 4 is 23.3 Å². The van der Waals surface area contributed by atoms with Crippen molar-refractivity contribution in [3.05, 3.63) is 52.8 Å². The summed E-state index contributed by atoms with van der Waals surface area (Å²) < 4.78 is 41.1. The van der Waals surface area contributed by atoms with E-state index in [1.165, 1.54) is 12.1 Å². The van der Waals surface area contributed by atoms with Crippen LogP contribution in [-0.4, -0.2) is 26.6 Å². The number of benzene rings is 1. The zero-order chi connectivity index (χ0) is 20.6. The van der Waals surface area contributed by atoms with Gasteiger partial charge in [-0.05, 0) is 24.6 Å². The van der Waals surface area contributed by atoms with Crippen LogP contribution < -0.4 is 11.5 Å². The van der Waals surface area contributed by atoms with Crippen LogP contribution in [0.3, 0.4) is 0 Å². The third kappa shape index (κ3) is 3.79. The molecule has 3 rings (SSSR count). The van der Waals surface area contributed by atoms with Gasteiger partial charge in [-0.3, -0.25) is 4.79 Å². The molecule has 0 bridgehead atoms. The number of hydrogen-bond acceptors (Lipinski definition) is 4. The molecule has 0 radical (unpaired) electrons. The third-order valence-corrected chi connectivity index (χ3v) is 4.58. The number of carbonyl (C=O) groups excluding carboxylic acids is 1. The van der Waals surface area contributed by atoms with Crippen molar-refractivity contribution in [2.75, 3.05) is 5.73 Å². The van der Waals surface area contributed by atoms with E-state index in [1.54, 1.807) is 25.1 Å². The van der Waals surface area contributed by atoms with E-state index < -0.39 is 18.6 Å². The summed E-state index contributed by atoms with van der Waals surface area (Å²) in [5.74, 6) is -0.801. The van der Waals surface area contributed by atoms with Gasteiger partial charge in [0.2, 0.25) is 0 Å². The number of primary amides is 1. The van der Waals surface area contributed by atoms with Crippen molar-refractivity contribution in [2.24, 2.45) is 5.73 Å². The second kappa shape index (κ2) is 7.16. The van der Waals surface area contributed by atoms with Crippen LogP contribution in [0.25, 0.3) is 22.6 Å². The van der Waals surface area contributed by atoms with Crippen molar-refractivity contribution in [3.63, 3.8) is 0 Å². The number of amides is 1. The van der Waals surface area contributed by atoms with Gasteiger partial charge in [0.05, 0.1) is 22.6 Å². The van der Waals surface area contributed by atoms with Crippen LogP contribution in [0.4, 0.5) is 19.0 Å². The van der Waals surface area contributed by atoms with E-state index in [9.17, 15) is 18.0 Å². The zero-order valence-corrected chi connectivity index (χ0v) is 15.3. The normalized spacial score (nSPS) is 11.6. The lowest BCUT2D eigenvalue weighted by molar-refractivity contribution is -0.140. The topological polar surface area (TPSA) is 99.8 Å². The van der Waals surface area contributed by atoms with Crippen LogP contribution in [0.2, 0.25) is 5.02 Å². The molecule has 0 aliphatic rings. The lowest BCUT2D eigenvalue weighted by Gasteiger charge is -2.17. The van der Waals surface area contributed by atoms with E-state index in [4.69, 9.17) is 23.1 Å². The summed E-state index contributed by atoms with van der Waals surface area (Å²) in [5.41, 5.74) is 12.1. The molecule has 6 nitrogen and oxygen atoms in total. The van der Waals surface area contributed by atoms with E-state index in [0.29, 0.717) is 16.1 Å². The summed E-state index contributed by atoms with van der Waals surface area (Å²) in [6.07, 6.45) is -3.44. The van der Waals surface area contributed by atoms with Crippen LogP contribution in [-0.2, 0) is 6.54 Å². The first-order valence-corrected chi connectivity index (χ1v) is 8.39. The molecule has 10 heteroatoms. The van der Waals surface area contributed by atoms with Gasteiger partial charge in [0.1, 0.15) is 18.7 Å². The van der Waals surface area contributed by atoms with E-state index >= 15 is 0 Å². The molecule has 0 saturated carbocycles. The zero-order valence-electron chi connectivity index (χ0n) is 14.6. The van der Waals surface area contributed by atoms with Crippen LogP contribution in [0.5, 0.6) is 0 Å². The number of halogens is 4. The van der Waals surface area contributed by atoms with E-state index in [2.05, 4.69) is 9.97 Å². The van der Waals surface area contributed by atoms with Crippen LogP contribution in [0, 0.1) is 6.92 Å². The maximum atomic E-state index is 13.4. The van der Waals surface area contributed by atoms with Gasteiger partial charge in [0, 0.05) is 16.7 Å². The van der Waals surface area contributed by atoms with Crippen molar-refractivity contribution in [1.82, 2.24) is 14.5 Å². The van der Waals surface area contributed by atoms with E-state index in [1.807, 2.05) is 0 Å². The monoisotopic (exact) mass is 409 g/mol. The smallest absolute Gasteiger partial charge is 0.384 e. The van der Waals surface area contributed by atoms with Crippen molar-refractivity contribution in [2.45, 2.75) is 19.6 Å². The van der Waals surface area contributed by atoms with Gasteiger partial charge < -0.3 is 16.0 Å². The van der Waals surface area contributed by atoms with Crippen molar-refractivity contribution in [1.29, 1.82) is 0 Å². The van der Waals surface area contributed by atoms with Crippen molar-refractivity contribution in [3.8, 4) is 22.6 Å². The number of alkyl halides is 3. The van der Waals surface area contributed by atoms with Gasteiger partial charge >= 0.3 is 6.18 Å². The fraction of sp³-hybridized carbons (Fsp3) is 0.167. The Hall–Kier alpha value is -3.07. The molecule has 1 amide bonds. The first-order chi connectivity index (χ1) is 13.1. The molecule has 1 aromatic carbocycles. The SMILES string of the molecule is Cc1c(Cl)cccc1-c1c(C(N)=O)cc(-c2cc(N)ncn2)n1CC(F)(F)F. The van der Waals surface area contributed by atoms with Gasteiger partial charge in [-0.1, -0.05) is 23.7 Å². The molecule has 28 heavy (non-hydrogen) atoms. The molecule has 4 N–H and O–H groups in total. The molecule has 146 valence electrons. The Morgan fingerprint density at radius 1 is 1.25 bits per heavy atom. The molecule has 2 aromatic heterocycles. The van der Waals surface area contributed by atoms with Crippen LogP contribution in [0.1, 0.15) is 15.9 Å². The Kier molecular flexibility index (Phi) is 5.03. The van der Waals surface area contributed by atoms with Crippen LogP contribution >= 0.6 is 11.6 Å². The number of rotatable bonds is 4. The molecule has 0 unspecified atom stereocenters. The molecule has 0 fully saturated rings. The molecule has 0 aliphatic carbocycles. The first kappa shape index (κ1) is 19.7. The standard InChI is InChI=1S/C18H15ClF3N5O/c1-9-10(3-2-4-12(9)19)16-11(17(24)28)5-14(27(16)7-18(20,21)22)13-6-15(23)26-8-25-13/h2-6,8H,7H2,1H3,(H2,24,28)(H2,23,25,26). The number of nitrogen functional groups attached to an aromatic ring is 1. The molecule has 2 heterocycles. The predicted octanol–water partition coefficient (Wildman–Crippen LogP) is 3.82. The highest BCUT2D eigenvalue weighted by Gasteiger charge is 2.33. The predicted molar refractivity (Wildman–Crippen MR) is 99.6 cm³/mol. The summed E-state index contributed by atoms with van der Waals surface area (Å²) in [5, 5.41) is 0.348. The number of aromatic nitrogens is 3. The quantitative estimate of drug-likeness (QED) is 0.684. The molecule has 0 atom stereocenters. The molecule has 0 aliphatic heterocycles. The second-order valence-electron chi connectivity index (χ2n) is 6.10. The van der Waals surface area contributed by atoms with Gasteiger partial charge in [-0.2, -0.15) is 13.2 Å². The average Bonchev–Trinajstić information content (AvgIpc) is 2.95. The molecule has 0 spiro atoms. The van der Waals surface area contributed by atoms with Gasteiger partial charge in [-0.25, -0.2) is 9.97 Å². The fourth-order valence-corrected chi connectivity index (χ4v) is 3.13. The highest BCUT2D eigenvalue weighted by atomic mass is 35.5. The number of hydrogen-bond donors (Lipinski definition) is 2. The molecular formula is C18H15ClF3N5O. The minimum Gasteiger partial charge on any atom is -0.384 e. The Labute approximate surface area is 163 Å². The van der Waals surface area contributed by atoms with E-state index in [-0.39, 0.29) is 28.5 Å². The Morgan fingerprint density at radius 2 is 1.96 bits per heavy atom. The summed E-state index contributed by atoms with van der Waals surface area (Å²) in [7, 11) is 0. The number of nitrogens with zero attached hydrogens (tertiary/aromatic N) is 3. The lowest BCUT2D eigenvalue weighted by atomic mass is 10.0. The number of carbonyl (C=O) groups is 1. The fourth-order valence-electron chi connectivity index (χ4n) is 2.96. The minimum absolute atomic E-state index is 0.0111. The van der Waals surface area contributed by atoms with Gasteiger partial charge in [0.25, 0.3) is 5.91 Å². The minimum atomic E-state index is -4.57. The van der Waals surface area contributed by atoms with Gasteiger partial charge in [-0.15, -0.1) is 0 Å². The summed E-state index contributed by atoms with van der Waals surface area (Å²) in [6.45, 7) is 0.288. The third-order valence-electron chi connectivity index (χ3n) is 4.17. The summed E-state index contributed by atoms with van der Waals surface area (Å²) >= 11 is 6.14. The highest BCUT2D eigenvalue weighted by Crippen LogP contribution is 2.37.